The summed E-state index contributed by atoms with van der Waals surface area (Å²) in [7, 11) is -4.77. The van der Waals surface area contributed by atoms with Crippen LogP contribution in [-0.2, 0) is 19.5 Å². The van der Waals surface area contributed by atoms with Crippen LogP contribution >= 0.6 is 12.0 Å². The van der Waals surface area contributed by atoms with Gasteiger partial charge in [-0.15, -0.1) is 19.7 Å². The first-order valence-corrected chi connectivity index (χ1v) is 18.7. The molecule has 0 radical (unpaired) electrons. The zero-order valence-corrected chi connectivity index (χ0v) is 31.6. The van der Waals surface area contributed by atoms with E-state index in [1.807, 2.05) is 0 Å². The van der Waals surface area contributed by atoms with Crippen LogP contribution in [0.2, 0.25) is 0 Å². The van der Waals surface area contributed by atoms with E-state index in [4.69, 9.17) is 14.7 Å². The van der Waals surface area contributed by atoms with Crippen LogP contribution in [0.4, 0.5) is 34.1 Å². The number of hydrogen-bond acceptors (Lipinski definition) is 20. The van der Waals surface area contributed by atoms with Crippen LogP contribution in [0.5, 0.6) is 17.2 Å². The molecule has 0 bridgehead atoms. The minimum atomic E-state index is -4.77. The molecule has 1 heterocycles. The summed E-state index contributed by atoms with van der Waals surface area (Å²) in [5.74, 6) is -0.391. The number of azo groups is 3. The van der Waals surface area contributed by atoms with Gasteiger partial charge in [0.05, 0.1) is 42.3 Å². The summed E-state index contributed by atoms with van der Waals surface area (Å²) < 4.78 is 50.1. The summed E-state index contributed by atoms with van der Waals surface area (Å²) in [5, 5.41) is 87.0. The molecule has 0 spiro atoms. The summed E-state index contributed by atoms with van der Waals surface area (Å²) in [6, 6.07) is 16.4. The number of aromatic nitrogens is 1. The molecule has 0 fully saturated rings. The topological polar surface area (TPSA) is 300 Å². The Labute approximate surface area is 328 Å². The van der Waals surface area contributed by atoms with Crippen molar-refractivity contribution in [2.24, 2.45) is 30.7 Å². The third-order valence-electron chi connectivity index (χ3n) is 7.71. The number of aliphatic hydroxyl groups excluding tert-OH is 4. The van der Waals surface area contributed by atoms with E-state index in [2.05, 4.69) is 45.0 Å². The third-order valence-corrected chi connectivity index (χ3v) is 9.18. The van der Waals surface area contributed by atoms with Crippen LogP contribution in [0.25, 0.3) is 10.9 Å². The van der Waals surface area contributed by atoms with Crippen molar-refractivity contribution in [3.05, 3.63) is 84.1 Å². The Morgan fingerprint density at radius 3 is 1.86 bits per heavy atom. The van der Waals surface area contributed by atoms with Crippen molar-refractivity contribution in [1.82, 2.24) is 4.98 Å². The summed E-state index contributed by atoms with van der Waals surface area (Å²) in [6.07, 6.45) is -1.17. The number of fused-ring (bicyclic) bond motifs is 1. The summed E-state index contributed by atoms with van der Waals surface area (Å²) in [4.78, 5) is 4.02. The van der Waals surface area contributed by atoms with Gasteiger partial charge in [0.2, 0.25) is 0 Å². The Kier molecular flexibility index (Phi) is 14.6. The van der Waals surface area contributed by atoms with E-state index in [0.29, 0.717) is 27.4 Å². The second kappa shape index (κ2) is 19.6. The van der Waals surface area contributed by atoms with Gasteiger partial charge >= 0.3 is 0 Å². The van der Waals surface area contributed by atoms with E-state index in [0.717, 1.165) is 18.1 Å². The molecule has 2 unspecified atom stereocenters. The molecule has 0 aliphatic carbocycles. The zero-order valence-electron chi connectivity index (χ0n) is 29.9. The molecule has 2 atom stereocenters. The van der Waals surface area contributed by atoms with Crippen molar-refractivity contribution >= 4 is 67.2 Å². The molecule has 0 aliphatic heterocycles. The minimum absolute atomic E-state index is 0.00777. The van der Waals surface area contributed by atoms with Gasteiger partial charge in [0.1, 0.15) is 64.4 Å². The average Bonchev–Trinajstić information content (AvgIpc) is 3.20. The number of phenolic OH excluding ortho intramolecular Hbond substituents is 1. The van der Waals surface area contributed by atoms with Gasteiger partial charge in [-0.05, 0) is 73.5 Å². The molecule has 1 aromatic heterocycles. The third kappa shape index (κ3) is 11.3. The number of pyridine rings is 1. The van der Waals surface area contributed by atoms with Crippen LogP contribution < -0.4 is 9.47 Å². The highest BCUT2D eigenvalue weighted by Crippen LogP contribution is 2.42. The van der Waals surface area contributed by atoms with Crippen LogP contribution in [0.1, 0.15) is 11.1 Å². The largest absolute Gasteiger partial charge is 0.504 e. The Balaban J connectivity index is 1.51. The van der Waals surface area contributed by atoms with Crippen molar-refractivity contribution in [2.45, 2.75) is 35.8 Å². The molecule has 5 rings (SSSR count). The van der Waals surface area contributed by atoms with Crippen LogP contribution in [0.3, 0.4) is 0 Å². The number of aliphatic hydroxyl groups is 4. The van der Waals surface area contributed by atoms with Crippen molar-refractivity contribution in [3.63, 3.8) is 0 Å². The molecular formula is C35H35N7O13S2. The normalized spacial score (nSPS) is 13.3. The number of benzene rings is 4. The van der Waals surface area contributed by atoms with Gasteiger partial charge in [-0.3, -0.25) is 9.54 Å². The fraction of sp³-hybridized carbons (Fsp3) is 0.229. The smallest absolute Gasteiger partial charge is 0.295 e. The molecule has 0 aliphatic rings. The molecule has 57 heavy (non-hydrogen) atoms. The minimum Gasteiger partial charge on any atom is -0.504 e. The first-order valence-electron chi connectivity index (χ1n) is 16.5. The standard InChI is InChI=1S/C35H35N7O13S2/c1-19-9-28(31(52-17-22(45)15-43)12-26(19)38-37-21-5-3-6-24(11-21)56-55-54-48)40-39-27-13-32(53-18-23(46)16-44)29(10-20(27)2)41-42-30-14-33(57(49,50)51)25-7-4-8-36-34(25)35(30)47/h3-14,22-23,43-48H,15-18H2,1-2H3,(H,49,50,51). The molecule has 20 nitrogen and oxygen atoms in total. The average molecular weight is 826 g/mol. The van der Waals surface area contributed by atoms with E-state index >= 15 is 0 Å². The molecule has 22 heteroatoms. The molecule has 0 saturated heterocycles. The molecule has 4 aromatic carbocycles. The summed E-state index contributed by atoms with van der Waals surface area (Å²) in [6.45, 7) is 1.53. The molecular weight excluding hydrogens is 791 g/mol. The van der Waals surface area contributed by atoms with E-state index in [1.54, 1.807) is 44.2 Å². The number of hydrogen-bond donors (Lipinski definition) is 7. The monoisotopic (exact) mass is 825 g/mol. The van der Waals surface area contributed by atoms with Crippen LogP contribution in [0.15, 0.2) is 113 Å². The maximum Gasteiger partial charge on any atom is 0.295 e. The molecule has 7 N–H and O–H groups in total. The Morgan fingerprint density at radius 1 is 0.737 bits per heavy atom. The van der Waals surface area contributed by atoms with Crippen molar-refractivity contribution in [3.8, 4) is 17.2 Å². The van der Waals surface area contributed by atoms with Gasteiger partial charge in [0.25, 0.3) is 10.1 Å². The lowest BCUT2D eigenvalue weighted by Gasteiger charge is -2.14. The number of nitrogens with zero attached hydrogens (tertiary/aromatic N) is 7. The van der Waals surface area contributed by atoms with E-state index in [1.165, 1.54) is 36.5 Å². The second-order valence-electron chi connectivity index (χ2n) is 11.9. The summed E-state index contributed by atoms with van der Waals surface area (Å²) >= 11 is 0.753. The van der Waals surface area contributed by atoms with Gasteiger partial charge in [-0.2, -0.15) is 23.8 Å². The fourth-order valence-electron chi connectivity index (χ4n) is 4.86. The highest BCUT2D eigenvalue weighted by atomic mass is 32.2. The highest BCUT2D eigenvalue weighted by Gasteiger charge is 2.21. The number of aromatic hydroxyl groups is 1. The second-order valence-corrected chi connectivity index (χ2v) is 14.1. The summed E-state index contributed by atoms with van der Waals surface area (Å²) in [5.41, 5.74) is 1.88. The predicted molar refractivity (Wildman–Crippen MR) is 202 cm³/mol. The van der Waals surface area contributed by atoms with Crippen LogP contribution in [0, 0.1) is 13.8 Å². The first kappa shape index (κ1) is 42.6. The Bertz CT molecular complexity index is 2420. The molecule has 0 amide bonds. The lowest BCUT2D eigenvalue weighted by Crippen LogP contribution is -2.21. The number of aryl methyl sites for hydroxylation is 2. The van der Waals surface area contributed by atoms with Gasteiger partial charge < -0.3 is 35.0 Å². The van der Waals surface area contributed by atoms with E-state index in [9.17, 15) is 38.5 Å². The Hall–Kier alpha value is -5.53. The lowest BCUT2D eigenvalue weighted by molar-refractivity contribution is -0.432. The molecule has 0 saturated carbocycles. The lowest BCUT2D eigenvalue weighted by atomic mass is 10.1. The number of ether oxygens (including phenoxy) is 2. The SMILES string of the molecule is Cc1cc(N=Nc2cc(OCC(O)CO)c(N=Nc3cc(S(=O)(=O)O)c4cccnc4c3O)cc2C)c(OCC(O)CO)cc1N=Nc1cccc(SOOO)c1. The highest BCUT2D eigenvalue weighted by molar-refractivity contribution is 7.94. The van der Waals surface area contributed by atoms with Crippen molar-refractivity contribution in [1.29, 1.82) is 0 Å². The van der Waals surface area contributed by atoms with Gasteiger partial charge in [0, 0.05) is 28.6 Å². The maximum absolute atomic E-state index is 12.2. The van der Waals surface area contributed by atoms with E-state index in [-0.39, 0.29) is 58.4 Å². The van der Waals surface area contributed by atoms with Crippen LogP contribution in [-0.4, -0.2) is 87.4 Å². The number of rotatable bonds is 18. The van der Waals surface area contributed by atoms with Crippen molar-refractivity contribution in [2.75, 3.05) is 26.4 Å². The Morgan fingerprint density at radius 2 is 1.30 bits per heavy atom. The van der Waals surface area contributed by atoms with Gasteiger partial charge in [-0.25, -0.2) is 5.26 Å². The van der Waals surface area contributed by atoms with E-state index < -0.39 is 46.2 Å². The quantitative estimate of drug-likeness (QED) is 0.0155. The predicted octanol–water partition coefficient (Wildman–Crippen LogP) is 6.94. The molecule has 5 aromatic rings. The first-order chi connectivity index (χ1) is 27.3. The maximum atomic E-state index is 12.2. The van der Waals surface area contributed by atoms with Gasteiger partial charge in [-0.1, -0.05) is 11.1 Å². The zero-order chi connectivity index (χ0) is 41.1. The molecule has 300 valence electrons. The fourth-order valence-corrected chi connectivity index (χ4v) is 5.97. The van der Waals surface area contributed by atoms with Crippen molar-refractivity contribution < 1.29 is 62.6 Å². The number of phenols is 1. The van der Waals surface area contributed by atoms with Gasteiger partial charge in [0.15, 0.2) is 5.75 Å².